The first-order chi connectivity index (χ1) is 6.21. The summed E-state index contributed by atoms with van der Waals surface area (Å²) in [6, 6.07) is 3.66. The lowest BCUT2D eigenvalue weighted by Crippen LogP contribution is -2.32. The molecule has 1 aliphatic rings. The molecule has 1 saturated heterocycles. The molecule has 1 fully saturated rings. The second kappa shape index (κ2) is 3.75. The van der Waals surface area contributed by atoms with Crippen LogP contribution in [0.5, 0.6) is 0 Å². The van der Waals surface area contributed by atoms with Crippen molar-refractivity contribution in [1.82, 2.24) is 5.32 Å². The van der Waals surface area contributed by atoms with E-state index in [1.54, 1.807) is 6.07 Å². The van der Waals surface area contributed by atoms with E-state index in [0.717, 1.165) is 11.4 Å². The molecule has 4 heteroatoms. The summed E-state index contributed by atoms with van der Waals surface area (Å²) in [7, 11) is 0. The Hall–Kier alpha value is -0.0900. The van der Waals surface area contributed by atoms with Gasteiger partial charge in [-0.25, -0.2) is 0 Å². The van der Waals surface area contributed by atoms with Crippen LogP contribution in [0.15, 0.2) is 12.1 Å². The van der Waals surface area contributed by atoms with Crippen molar-refractivity contribution in [3.63, 3.8) is 0 Å². The monoisotopic (exact) mass is 204 g/mol. The quantitative estimate of drug-likeness (QED) is 0.756. The van der Waals surface area contributed by atoms with E-state index in [1.807, 2.05) is 6.07 Å². The third kappa shape index (κ3) is 1.80. The highest BCUT2D eigenvalue weighted by Gasteiger charge is 2.16. The van der Waals surface area contributed by atoms with E-state index in [0.29, 0.717) is 17.5 Å². The van der Waals surface area contributed by atoms with Gasteiger partial charge in [0.25, 0.3) is 0 Å². The molecule has 0 saturated carbocycles. The number of thiophene rings is 1. The van der Waals surface area contributed by atoms with Crippen molar-refractivity contribution in [2.75, 3.05) is 19.7 Å². The van der Waals surface area contributed by atoms with Gasteiger partial charge in [-0.2, -0.15) is 0 Å². The SMILES string of the molecule is [2H]C1(c2ccc(Cl)s2)CNCCO1. The maximum atomic E-state index is 8.04. The van der Waals surface area contributed by atoms with Crippen LogP contribution >= 0.6 is 22.9 Å². The summed E-state index contributed by atoms with van der Waals surface area (Å²) >= 11 is 7.21. The molecule has 0 aromatic carbocycles. The molecule has 2 heterocycles. The van der Waals surface area contributed by atoms with Gasteiger partial charge >= 0.3 is 0 Å². The summed E-state index contributed by atoms with van der Waals surface area (Å²) in [5.41, 5.74) is 0. The first-order valence-corrected chi connectivity index (χ1v) is 5.01. The Balaban J connectivity index is 2.22. The molecule has 12 heavy (non-hydrogen) atoms. The lowest BCUT2D eigenvalue weighted by atomic mass is 10.2. The number of nitrogens with one attached hydrogen (secondary N) is 1. The number of hydrogen-bond acceptors (Lipinski definition) is 3. The van der Waals surface area contributed by atoms with Gasteiger partial charge in [-0.3, -0.25) is 0 Å². The van der Waals surface area contributed by atoms with E-state index < -0.39 is 6.08 Å². The Morgan fingerprint density at radius 2 is 2.67 bits per heavy atom. The van der Waals surface area contributed by atoms with Crippen LogP contribution in [0.2, 0.25) is 4.34 Å². The van der Waals surface area contributed by atoms with E-state index in [9.17, 15) is 0 Å². The van der Waals surface area contributed by atoms with Gasteiger partial charge in [-0.1, -0.05) is 11.6 Å². The molecule has 0 aliphatic carbocycles. The fourth-order valence-electron chi connectivity index (χ4n) is 1.12. The molecule has 0 radical (unpaired) electrons. The minimum absolute atomic E-state index is 0.532. The van der Waals surface area contributed by atoms with E-state index in [2.05, 4.69) is 5.32 Å². The summed E-state index contributed by atoms with van der Waals surface area (Å²) in [6.45, 7) is 1.93. The summed E-state index contributed by atoms with van der Waals surface area (Å²) in [5.74, 6) is 0. The average molecular weight is 205 g/mol. The van der Waals surface area contributed by atoms with E-state index in [-0.39, 0.29) is 0 Å². The molecule has 1 aromatic rings. The Morgan fingerprint density at radius 1 is 1.75 bits per heavy atom. The highest BCUT2D eigenvalue weighted by Crippen LogP contribution is 2.29. The summed E-state index contributed by atoms with van der Waals surface area (Å²) in [5, 5.41) is 3.13. The summed E-state index contributed by atoms with van der Waals surface area (Å²) in [4.78, 5) is 0.865. The molecule has 2 nitrogen and oxygen atoms in total. The third-order valence-electron chi connectivity index (χ3n) is 1.69. The predicted molar refractivity (Wildman–Crippen MR) is 50.9 cm³/mol. The Morgan fingerprint density at radius 3 is 3.25 bits per heavy atom. The van der Waals surface area contributed by atoms with Crippen molar-refractivity contribution in [3.8, 4) is 0 Å². The third-order valence-corrected chi connectivity index (χ3v) is 2.96. The smallest absolute Gasteiger partial charge is 0.104 e. The molecule has 1 aromatic heterocycles. The van der Waals surface area contributed by atoms with Crippen LogP contribution in [-0.4, -0.2) is 19.7 Å². The van der Waals surface area contributed by atoms with Crippen molar-refractivity contribution in [3.05, 3.63) is 21.3 Å². The minimum atomic E-state index is -0.934. The zero-order chi connectivity index (χ0) is 9.31. The van der Waals surface area contributed by atoms with E-state index in [4.69, 9.17) is 17.7 Å². The highest BCUT2D eigenvalue weighted by atomic mass is 35.5. The molecule has 1 aliphatic heterocycles. The topological polar surface area (TPSA) is 21.3 Å². The van der Waals surface area contributed by atoms with Gasteiger partial charge in [0.1, 0.15) is 6.08 Å². The number of rotatable bonds is 1. The van der Waals surface area contributed by atoms with Crippen LogP contribution in [0.3, 0.4) is 0 Å². The second-order valence-electron chi connectivity index (χ2n) is 2.55. The minimum Gasteiger partial charge on any atom is -0.370 e. The molecule has 0 bridgehead atoms. The second-order valence-corrected chi connectivity index (χ2v) is 4.27. The highest BCUT2D eigenvalue weighted by molar-refractivity contribution is 7.16. The normalized spacial score (nSPS) is 31.6. The molecule has 0 spiro atoms. The maximum absolute atomic E-state index is 8.04. The van der Waals surface area contributed by atoms with Crippen molar-refractivity contribution < 1.29 is 6.11 Å². The Bertz CT molecular complexity index is 298. The molecule has 2 rings (SSSR count). The first-order valence-electron chi connectivity index (χ1n) is 4.31. The zero-order valence-corrected chi connectivity index (χ0v) is 8.04. The van der Waals surface area contributed by atoms with E-state index >= 15 is 0 Å². The Labute approximate surface area is 81.9 Å². The standard InChI is InChI=1S/C8H10ClNOS/c9-8-2-1-7(12-8)6-5-10-3-4-11-6/h1-2,6,10H,3-5H2/i6D. The molecular weight excluding hydrogens is 194 g/mol. The fraction of sp³-hybridized carbons (Fsp3) is 0.500. The predicted octanol–water partition coefficient (Wildman–Crippen LogP) is 2.06. The van der Waals surface area contributed by atoms with Crippen molar-refractivity contribution in [1.29, 1.82) is 0 Å². The van der Waals surface area contributed by atoms with Gasteiger partial charge in [0.2, 0.25) is 0 Å². The number of morpholine rings is 1. The van der Waals surface area contributed by atoms with Gasteiger partial charge < -0.3 is 10.1 Å². The zero-order valence-electron chi connectivity index (χ0n) is 7.47. The molecule has 0 amide bonds. The lowest BCUT2D eigenvalue weighted by Gasteiger charge is -2.22. The number of hydrogen-bond donors (Lipinski definition) is 1. The van der Waals surface area contributed by atoms with Crippen molar-refractivity contribution in [2.24, 2.45) is 0 Å². The average Bonchev–Trinajstić information content (AvgIpc) is 2.54. The van der Waals surface area contributed by atoms with Gasteiger partial charge in [0.05, 0.1) is 12.3 Å². The first kappa shape index (κ1) is 7.33. The van der Waals surface area contributed by atoms with Gasteiger partial charge in [0, 0.05) is 18.0 Å². The van der Waals surface area contributed by atoms with Crippen LogP contribution in [0.1, 0.15) is 12.3 Å². The molecule has 1 N–H and O–H groups in total. The van der Waals surface area contributed by atoms with Crippen LogP contribution < -0.4 is 5.32 Å². The maximum Gasteiger partial charge on any atom is 0.104 e. The molecule has 1 unspecified atom stereocenters. The van der Waals surface area contributed by atoms with Gasteiger partial charge in [-0.15, -0.1) is 11.3 Å². The van der Waals surface area contributed by atoms with E-state index in [1.165, 1.54) is 11.3 Å². The van der Waals surface area contributed by atoms with Crippen LogP contribution in [0.4, 0.5) is 0 Å². The van der Waals surface area contributed by atoms with Crippen LogP contribution in [0, 0.1) is 0 Å². The lowest BCUT2D eigenvalue weighted by molar-refractivity contribution is 0.0299. The molecular formula is C8H10ClNOS. The van der Waals surface area contributed by atoms with Gasteiger partial charge in [0.15, 0.2) is 0 Å². The molecule has 1 atom stereocenters. The molecule has 66 valence electrons. The Kier molecular flexibility index (Phi) is 2.29. The van der Waals surface area contributed by atoms with Crippen LogP contribution in [-0.2, 0) is 4.74 Å². The fourth-order valence-corrected chi connectivity index (χ4v) is 2.16. The summed E-state index contributed by atoms with van der Waals surface area (Å²) < 4.78 is 14.2. The van der Waals surface area contributed by atoms with Gasteiger partial charge in [-0.05, 0) is 12.1 Å². The van der Waals surface area contributed by atoms with Crippen molar-refractivity contribution in [2.45, 2.75) is 6.08 Å². The number of halogens is 1. The van der Waals surface area contributed by atoms with Crippen molar-refractivity contribution >= 4 is 22.9 Å². The largest absolute Gasteiger partial charge is 0.370 e. The van der Waals surface area contributed by atoms with Crippen LogP contribution in [0.25, 0.3) is 0 Å². The summed E-state index contributed by atoms with van der Waals surface area (Å²) in [6.07, 6.45) is -0.934. The number of ether oxygens (including phenoxy) is 1.